The van der Waals surface area contributed by atoms with Gasteiger partial charge in [-0.1, -0.05) is 48.5 Å². The zero-order valence-corrected chi connectivity index (χ0v) is 14.3. The van der Waals surface area contributed by atoms with Gasteiger partial charge >= 0.3 is 0 Å². The van der Waals surface area contributed by atoms with Crippen molar-refractivity contribution in [3.8, 4) is 0 Å². The summed E-state index contributed by atoms with van der Waals surface area (Å²) in [5.41, 5.74) is 6.75. The van der Waals surface area contributed by atoms with E-state index in [0.29, 0.717) is 11.1 Å². The number of nitrogens with two attached hydrogens (primary N) is 1. The molecule has 1 heterocycles. The minimum absolute atomic E-state index is 0.121. The molecule has 2 N–H and O–H groups in total. The fraction of sp³-hybridized carbons (Fsp3) is 0.0435. The molecular weight excluding hydrogens is 336 g/mol. The monoisotopic (exact) mass is 350 g/mol. The van der Waals surface area contributed by atoms with Crippen LogP contribution in [0, 0.1) is 0 Å². The van der Waals surface area contributed by atoms with E-state index in [-0.39, 0.29) is 18.5 Å². The van der Waals surface area contributed by atoms with Crippen molar-refractivity contribution in [1.82, 2.24) is 4.90 Å². The number of carbonyl (C=O) groups is 2. The lowest BCUT2D eigenvalue weighted by Crippen LogP contribution is -2.43. The van der Waals surface area contributed by atoms with Crippen LogP contribution in [0.15, 0.2) is 60.7 Å². The largest absolute Gasteiger partial charge is 0.313 e. The van der Waals surface area contributed by atoms with Crippen molar-refractivity contribution in [2.45, 2.75) is 0 Å². The van der Waals surface area contributed by atoms with Gasteiger partial charge in [0.25, 0.3) is 11.8 Å². The average molecular weight is 350 g/mol. The fourth-order valence-corrected chi connectivity index (χ4v) is 4.64. The molecule has 4 nitrogen and oxygen atoms in total. The molecule has 0 aliphatic carbocycles. The number of amides is 2. The van der Waals surface area contributed by atoms with Crippen LogP contribution in [-0.4, -0.2) is 23.4 Å². The zero-order valence-electron chi connectivity index (χ0n) is 14.3. The van der Waals surface area contributed by atoms with Crippen LogP contribution in [0.2, 0.25) is 0 Å². The lowest BCUT2D eigenvalue weighted by molar-refractivity contribution is 0.0615. The number of hydrogen-bond donors (Lipinski definition) is 1. The Morgan fingerprint density at radius 1 is 0.630 bits per heavy atom. The van der Waals surface area contributed by atoms with E-state index in [1.165, 1.54) is 10.8 Å². The molecule has 6 rings (SSSR count). The van der Waals surface area contributed by atoms with Crippen molar-refractivity contribution in [3.63, 3.8) is 0 Å². The number of nitrogens with zero attached hydrogens (tertiary/aromatic N) is 1. The van der Waals surface area contributed by atoms with Crippen LogP contribution in [0.25, 0.3) is 43.1 Å². The molecule has 0 aromatic heterocycles. The molecule has 1 aliphatic rings. The Morgan fingerprint density at radius 3 is 1.67 bits per heavy atom. The standard InChI is InChI=1S/C23H14N2O2/c24-11-25-22(26)17-9-7-15-13-5-1-3-12-4-2-6-14(19(12)13)16-8-10-18(23(25)27)21(17)20(15)16/h1-10H,11,24H2. The second kappa shape index (κ2) is 4.81. The Balaban J connectivity index is 1.94. The van der Waals surface area contributed by atoms with E-state index in [9.17, 15) is 9.59 Å². The first-order valence-corrected chi connectivity index (χ1v) is 8.89. The van der Waals surface area contributed by atoms with Gasteiger partial charge < -0.3 is 5.73 Å². The van der Waals surface area contributed by atoms with Crippen molar-refractivity contribution in [2.75, 3.05) is 6.67 Å². The van der Waals surface area contributed by atoms with Crippen molar-refractivity contribution in [1.29, 1.82) is 0 Å². The molecular formula is C23H14N2O2. The maximum Gasteiger partial charge on any atom is 0.262 e. The molecule has 0 radical (unpaired) electrons. The van der Waals surface area contributed by atoms with E-state index >= 15 is 0 Å². The van der Waals surface area contributed by atoms with Crippen molar-refractivity contribution in [3.05, 3.63) is 71.8 Å². The van der Waals surface area contributed by atoms with Crippen LogP contribution >= 0.6 is 0 Å². The highest BCUT2D eigenvalue weighted by atomic mass is 16.2. The third-order valence-corrected chi connectivity index (χ3v) is 5.78. The Bertz CT molecular complexity index is 1350. The van der Waals surface area contributed by atoms with Crippen LogP contribution in [0.4, 0.5) is 0 Å². The van der Waals surface area contributed by atoms with E-state index in [4.69, 9.17) is 5.73 Å². The highest BCUT2D eigenvalue weighted by Crippen LogP contribution is 2.43. The van der Waals surface area contributed by atoms with Crippen LogP contribution in [0.3, 0.4) is 0 Å². The molecule has 4 heteroatoms. The molecule has 0 saturated heterocycles. The summed E-state index contributed by atoms with van der Waals surface area (Å²) in [7, 11) is 0. The molecule has 1 aliphatic heterocycles. The maximum absolute atomic E-state index is 12.8. The van der Waals surface area contributed by atoms with Gasteiger partial charge in [-0.3, -0.25) is 14.5 Å². The number of carbonyl (C=O) groups excluding carboxylic acids is 2. The molecule has 2 amide bonds. The van der Waals surface area contributed by atoms with Crippen molar-refractivity contribution in [2.24, 2.45) is 5.73 Å². The molecule has 0 fully saturated rings. The van der Waals surface area contributed by atoms with Gasteiger partial charge in [0, 0.05) is 16.5 Å². The smallest absolute Gasteiger partial charge is 0.262 e. The normalized spacial score (nSPS) is 14.3. The predicted molar refractivity (Wildman–Crippen MR) is 107 cm³/mol. The molecule has 0 unspecified atom stereocenters. The second-order valence-electron chi connectivity index (χ2n) is 7.00. The van der Waals surface area contributed by atoms with Crippen molar-refractivity contribution >= 4 is 54.9 Å². The SMILES string of the molecule is NCN1C(=O)c2ccc3c4cccc5cccc(c6ccc(c2c36)C1=O)c54. The van der Waals surface area contributed by atoms with Crippen LogP contribution in [-0.2, 0) is 0 Å². The fourth-order valence-electron chi connectivity index (χ4n) is 4.64. The Kier molecular flexibility index (Phi) is 2.61. The number of fused-ring (bicyclic) bond motifs is 2. The third-order valence-electron chi connectivity index (χ3n) is 5.78. The van der Waals surface area contributed by atoms with Crippen LogP contribution in [0.5, 0.6) is 0 Å². The van der Waals surface area contributed by atoms with Gasteiger partial charge in [-0.05, 0) is 49.8 Å². The van der Waals surface area contributed by atoms with E-state index in [1.54, 1.807) is 0 Å². The molecule has 27 heavy (non-hydrogen) atoms. The highest BCUT2D eigenvalue weighted by Gasteiger charge is 2.33. The van der Waals surface area contributed by atoms with Gasteiger partial charge in [-0.15, -0.1) is 0 Å². The second-order valence-corrected chi connectivity index (χ2v) is 7.00. The van der Waals surface area contributed by atoms with Crippen molar-refractivity contribution < 1.29 is 9.59 Å². The molecule has 0 atom stereocenters. The summed E-state index contributed by atoms with van der Waals surface area (Å²) < 4.78 is 0. The maximum atomic E-state index is 12.8. The minimum Gasteiger partial charge on any atom is -0.313 e. The molecule has 0 saturated carbocycles. The lowest BCUT2D eigenvalue weighted by Gasteiger charge is -2.27. The number of rotatable bonds is 1. The lowest BCUT2D eigenvalue weighted by atomic mass is 9.85. The first kappa shape index (κ1) is 14.6. The van der Waals surface area contributed by atoms with Crippen LogP contribution < -0.4 is 5.73 Å². The Labute approximate surface area is 154 Å². The molecule has 128 valence electrons. The van der Waals surface area contributed by atoms with Gasteiger partial charge in [-0.25, -0.2) is 0 Å². The third kappa shape index (κ3) is 1.62. The highest BCUT2D eigenvalue weighted by molar-refractivity contribution is 6.38. The van der Waals surface area contributed by atoms with Gasteiger partial charge in [0.15, 0.2) is 0 Å². The first-order chi connectivity index (χ1) is 13.2. The number of benzene rings is 5. The van der Waals surface area contributed by atoms with Gasteiger partial charge in [-0.2, -0.15) is 0 Å². The summed E-state index contributed by atoms with van der Waals surface area (Å²) >= 11 is 0. The van der Waals surface area contributed by atoms with Gasteiger partial charge in [0.1, 0.15) is 0 Å². The Hall–Kier alpha value is -3.50. The van der Waals surface area contributed by atoms with E-state index in [2.05, 4.69) is 24.3 Å². The van der Waals surface area contributed by atoms with Crippen LogP contribution in [0.1, 0.15) is 20.7 Å². The minimum atomic E-state index is -0.323. The van der Waals surface area contributed by atoms with Gasteiger partial charge in [0.05, 0.1) is 6.67 Å². The zero-order chi connectivity index (χ0) is 18.3. The average Bonchev–Trinajstić information content (AvgIpc) is 2.70. The molecule has 5 aromatic rings. The number of imide groups is 1. The topological polar surface area (TPSA) is 63.4 Å². The number of hydrogen-bond acceptors (Lipinski definition) is 3. The van der Waals surface area contributed by atoms with E-state index in [0.717, 1.165) is 37.2 Å². The van der Waals surface area contributed by atoms with E-state index < -0.39 is 0 Å². The summed E-state index contributed by atoms with van der Waals surface area (Å²) in [6.45, 7) is -0.121. The summed E-state index contributed by atoms with van der Waals surface area (Å²) in [6.07, 6.45) is 0. The summed E-state index contributed by atoms with van der Waals surface area (Å²) in [6, 6.07) is 20.2. The Morgan fingerprint density at radius 2 is 1.15 bits per heavy atom. The van der Waals surface area contributed by atoms with Gasteiger partial charge in [0.2, 0.25) is 0 Å². The first-order valence-electron chi connectivity index (χ1n) is 8.89. The predicted octanol–water partition coefficient (Wildman–Crippen LogP) is 4.25. The summed E-state index contributed by atoms with van der Waals surface area (Å²) in [5.74, 6) is -0.647. The molecule has 0 spiro atoms. The molecule has 0 bridgehead atoms. The quantitative estimate of drug-likeness (QED) is 0.279. The summed E-state index contributed by atoms with van der Waals surface area (Å²) in [5, 5.41) is 8.54. The summed E-state index contributed by atoms with van der Waals surface area (Å²) in [4.78, 5) is 26.8. The van der Waals surface area contributed by atoms with E-state index in [1.807, 2.05) is 36.4 Å². The molecule has 5 aromatic carbocycles.